The average Bonchev–Trinajstić information content (AvgIpc) is 3.04. The molecule has 0 spiro atoms. The summed E-state index contributed by atoms with van der Waals surface area (Å²) in [5.74, 6) is -1.22. The summed E-state index contributed by atoms with van der Waals surface area (Å²) in [4.78, 5) is 43.5. The van der Waals surface area contributed by atoms with E-state index in [1.807, 2.05) is 27.7 Å². The van der Waals surface area contributed by atoms with Gasteiger partial charge in [0.1, 0.15) is 11.4 Å². The molecule has 0 unspecified atom stereocenters. The molecular weight excluding hydrogens is 384 g/mol. The van der Waals surface area contributed by atoms with E-state index in [9.17, 15) is 14.4 Å². The zero-order valence-corrected chi connectivity index (χ0v) is 18.7. The van der Waals surface area contributed by atoms with Crippen LogP contribution in [0.4, 0.5) is 0 Å². The molecule has 162 valence electrons. The van der Waals surface area contributed by atoms with Gasteiger partial charge in [-0.05, 0) is 59.2 Å². The fourth-order valence-electron chi connectivity index (χ4n) is 3.59. The highest BCUT2D eigenvalue weighted by atomic mass is 16.5. The molecule has 0 bridgehead atoms. The third-order valence-electron chi connectivity index (χ3n) is 4.81. The molecule has 0 aliphatic heterocycles. The summed E-state index contributed by atoms with van der Waals surface area (Å²) < 4.78 is 10.4. The number of benzene rings is 1. The summed E-state index contributed by atoms with van der Waals surface area (Å²) >= 11 is 0. The van der Waals surface area contributed by atoms with Gasteiger partial charge in [0.25, 0.3) is 11.7 Å². The minimum Gasteiger partial charge on any atom is -0.497 e. The highest BCUT2D eigenvalue weighted by molar-refractivity contribution is 6.43. The van der Waals surface area contributed by atoms with Crippen LogP contribution in [0.15, 0.2) is 24.3 Å². The maximum atomic E-state index is 13.3. The fraction of sp³-hybridized carbons (Fsp3) is 0.435. The number of aromatic nitrogens is 1. The summed E-state index contributed by atoms with van der Waals surface area (Å²) in [6.45, 7) is 11.0. The Labute approximate surface area is 177 Å². The lowest BCUT2D eigenvalue weighted by Crippen LogP contribution is -2.45. The number of aryl methyl sites for hydroxylation is 1. The lowest BCUT2D eigenvalue weighted by Gasteiger charge is -2.30. The quantitative estimate of drug-likeness (QED) is 0.401. The Balaban J connectivity index is 2.66. The first kappa shape index (κ1) is 23.2. The van der Waals surface area contributed by atoms with E-state index in [1.54, 1.807) is 45.2 Å². The van der Waals surface area contributed by atoms with Gasteiger partial charge in [-0.1, -0.05) is 12.1 Å². The van der Waals surface area contributed by atoms with Crippen LogP contribution in [0.3, 0.4) is 0 Å². The van der Waals surface area contributed by atoms with Crippen molar-refractivity contribution in [3.05, 3.63) is 41.2 Å². The van der Waals surface area contributed by atoms with E-state index in [0.717, 1.165) is 0 Å². The standard InChI is InChI=1S/C23H30N2O5/c1-8-30-23(28)18-15(6)24-20(19(18)16-9-11-17(29-7)12-10-16)21(26)22(27)25(13(2)3)14(4)5/h9-14,24H,8H2,1-7H3. The molecule has 0 fully saturated rings. The zero-order valence-electron chi connectivity index (χ0n) is 18.7. The van der Waals surface area contributed by atoms with Crippen molar-refractivity contribution in [2.45, 2.75) is 53.6 Å². The van der Waals surface area contributed by atoms with Crippen LogP contribution in [0.25, 0.3) is 11.1 Å². The highest BCUT2D eigenvalue weighted by Gasteiger charge is 2.33. The molecule has 2 aromatic rings. The van der Waals surface area contributed by atoms with Crippen molar-refractivity contribution >= 4 is 17.7 Å². The molecule has 0 saturated carbocycles. The zero-order chi connectivity index (χ0) is 22.6. The number of ether oxygens (including phenoxy) is 2. The number of rotatable bonds is 8. The van der Waals surface area contributed by atoms with E-state index in [0.29, 0.717) is 22.6 Å². The first-order chi connectivity index (χ1) is 14.1. The Morgan fingerprint density at radius 2 is 1.60 bits per heavy atom. The van der Waals surface area contributed by atoms with Crippen LogP contribution in [0, 0.1) is 6.92 Å². The van der Waals surface area contributed by atoms with Gasteiger partial charge in [0, 0.05) is 23.3 Å². The second kappa shape index (κ2) is 9.61. The van der Waals surface area contributed by atoms with Crippen molar-refractivity contribution in [1.82, 2.24) is 9.88 Å². The summed E-state index contributed by atoms with van der Waals surface area (Å²) in [5.41, 5.74) is 1.77. The predicted molar refractivity (Wildman–Crippen MR) is 115 cm³/mol. The van der Waals surface area contributed by atoms with Gasteiger partial charge in [-0.2, -0.15) is 0 Å². The number of nitrogens with one attached hydrogen (secondary N) is 1. The molecule has 1 N–H and O–H groups in total. The molecule has 2 rings (SSSR count). The van der Waals surface area contributed by atoms with Crippen LogP contribution in [0.1, 0.15) is 61.2 Å². The topological polar surface area (TPSA) is 88.7 Å². The number of carbonyl (C=O) groups is 3. The number of hydrogen-bond donors (Lipinski definition) is 1. The number of aromatic amines is 1. The van der Waals surface area contributed by atoms with Gasteiger partial charge in [-0.15, -0.1) is 0 Å². The van der Waals surface area contributed by atoms with Crippen LogP contribution in [-0.2, 0) is 9.53 Å². The number of methoxy groups -OCH3 is 1. The molecule has 7 nitrogen and oxygen atoms in total. The molecule has 0 atom stereocenters. The number of H-pyrrole nitrogens is 1. The normalized spacial score (nSPS) is 11.0. The summed E-state index contributed by atoms with van der Waals surface area (Å²) in [7, 11) is 1.56. The van der Waals surface area contributed by atoms with E-state index >= 15 is 0 Å². The third-order valence-corrected chi connectivity index (χ3v) is 4.81. The maximum Gasteiger partial charge on any atom is 0.340 e. The van der Waals surface area contributed by atoms with Crippen molar-refractivity contribution in [2.75, 3.05) is 13.7 Å². The van der Waals surface area contributed by atoms with Gasteiger partial charge < -0.3 is 19.4 Å². The van der Waals surface area contributed by atoms with Crippen LogP contribution in [-0.4, -0.2) is 53.3 Å². The molecule has 1 heterocycles. The Morgan fingerprint density at radius 3 is 2.07 bits per heavy atom. The van der Waals surface area contributed by atoms with Gasteiger partial charge in [0.2, 0.25) is 0 Å². The molecule has 30 heavy (non-hydrogen) atoms. The second-order valence-corrected chi connectivity index (χ2v) is 7.55. The number of nitrogens with zero attached hydrogens (tertiary/aromatic N) is 1. The van der Waals surface area contributed by atoms with E-state index in [2.05, 4.69) is 4.98 Å². The van der Waals surface area contributed by atoms with E-state index in [4.69, 9.17) is 9.47 Å². The molecule has 0 saturated heterocycles. The number of carbonyl (C=O) groups excluding carboxylic acids is 3. The minimum absolute atomic E-state index is 0.0806. The van der Waals surface area contributed by atoms with E-state index < -0.39 is 17.7 Å². The molecule has 1 aromatic carbocycles. The highest BCUT2D eigenvalue weighted by Crippen LogP contribution is 2.33. The Morgan fingerprint density at radius 1 is 1.03 bits per heavy atom. The molecular formula is C23H30N2O5. The number of Topliss-reactive ketones (excluding diaryl/α,β-unsaturated/α-hetero) is 1. The van der Waals surface area contributed by atoms with E-state index in [-0.39, 0.29) is 29.9 Å². The van der Waals surface area contributed by atoms with Gasteiger partial charge >= 0.3 is 5.97 Å². The minimum atomic E-state index is -0.693. The maximum absolute atomic E-state index is 13.3. The van der Waals surface area contributed by atoms with Crippen molar-refractivity contribution in [3.8, 4) is 16.9 Å². The van der Waals surface area contributed by atoms with Crippen molar-refractivity contribution in [1.29, 1.82) is 0 Å². The monoisotopic (exact) mass is 414 g/mol. The number of esters is 1. The molecule has 0 radical (unpaired) electrons. The van der Waals surface area contributed by atoms with Gasteiger partial charge in [0.05, 0.1) is 19.3 Å². The summed E-state index contributed by atoms with van der Waals surface area (Å²) in [5, 5.41) is 0. The van der Waals surface area contributed by atoms with Crippen molar-refractivity contribution in [2.24, 2.45) is 0 Å². The largest absolute Gasteiger partial charge is 0.497 e. The number of hydrogen-bond acceptors (Lipinski definition) is 5. The first-order valence-corrected chi connectivity index (χ1v) is 10.0. The van der Waals surface area contributed by atoms with Gasteiger partial charge in [-0.25, -0.2) is 4.79 Å². The summed E-state index contributed by atoms with van der Waals surface area (Å²) in [6.07, 6.45) is 0. The molecule has 0 aliphatic carbocycles. The van der Waals surface area contributed by atoms with Crippen LogP contribution in [0.5, 0.6) is 5.75 Å². The second-order valence-electron chi connectivity index (χ2n) is 7.55. The van der Waals surface area contributed by atoms with E-state index in [1.165, 1.54) is 4.90 Å². The van der Waals surface area contributed by atoms with Gasteiger partial charge in [0.15, 0.2) is 0 Å². The Bertz CT molecular complexity index is 918. The summed E-state index contributed by atoms with van der Waals surface area (Å²) in [6, 6.07) is 6.66. The van der Waals surface area contributed by atoms with Crippen LogP contribution >= 0.6 is 0 Å². The van der Waals surface area contributed by atoms with Crippen molar-refractivity contribution in [3.63, 3.8) is 0 Å². The number of amides is 1. The van der Waals surface area contributed by atoms with Gasteiger partial charge in [-0.3, -0.25) is 9.59 Å². The van der Waals surface area contributed by atoms with Crippen molar-refractivity contribution < 1.29 is 23.9 Å². The SMILES string of the molecule is CCOC(=O)c1c(C)[nH]c(C(=O)C(=O)N(C(C)C)C(C)C)c1-c1ccc(OC)cc1. The molecule has 0 aliphatic rings. The predicted octanol–water partition coefficient (Wildman–Crippen LogP) is 4.00. The van der Waals surface area contributed by atoms with Crippen LogP contribution < -0.4 is 4.74 Å². The molecule has 7 heteroatoms. The average molecular weight is 415 g/mol. The lowest BCUT2D eigenvalue weighted by molar-refractivity contribution is -0.129. The molecule has 1 amide bonds. The molecule has 1 aromatic heterocycles. The Kier molecular flexibility index (Phi) is 7.43. The lowest BCUT2D eigenvalue weighted by atomic mass is 9.97. The third kappa shape index (κ3) is 4.56. The number of ketones is 1. The first-order valence-electron chi connectivity index (χ1n) is 10.0. The fourth-order valence-corrected chi connectivity index (χ4v) is 3.59. The smallest absolute Gasteiger partial charge is 0.340 e. The Hall–Kier alpha value is -3.09. The van der Waals surface area contributed by atoms with Crippen LogP contribution in [0.2, 0.25) is 0 Å².